The summed E-state index contributed by atoms with van der Waals surface area (Å²) in [6.07, 6.45) is 7.84. The second-order valence-electron chi connectivity index (χ2n) is 12.3. The van der Waals surface area contributed by atoms with Gasteiger partial charge in [-0.3, -0.25) is 4.68 Å². The molecule has 5 heterocycles. The number of ether oxygens (including phenoxy) is 1. The summed E-state index contributed by atoms with van der Waals surface area (Å²) in [5.74, 6) is 0.436. The first-order valence-electron chi connectivity index (χ1n) is 13.9. The van der Waals surface area contributed by atoms with Gasteiger partial charge in [0.05, 0.1) is 17.1 Å². The Labute approximate surface area is 233 Å². The van der Waals surface area contributed by atoms with Gasteiger partial charge in [0.25, 0.3) is 0 Å². The Kier molecular flexibility index (Phi) is 6.77. The summed E-state index contributed by atoms with van der Waals surface area (Å²) in [5, 5.41) is 16.7. The summed E-state index contributed by atoms with van der Waals surface area (Å²) < 4.78 is 25.4. The van der Waals surface area contributed by atoms with Crippen LogP contribution in [0.2, 0.25) is 25.7 Å². The summed E-state index contributed by atoms with van der Waals surface area (Å²) >= 11 is 0. The lowest BCUT2D eigenvalue weighted by Gasteiger charge is -2.39. The second-order valence-corrected chi connectivity index (χ2v) is 18.0. The fourth-order valence-electron chi connectivity index (χ4n) is 6.23. The Bertz CT molecular complexity index is 1570. The van der Waals surface area contributed by atoms with Crippen molar-refractivity contribution in [1.29, 1.82) is 0 Å². The van der Waals surface area contributed by atoms with Gasteiger partial charge in [0.2, 0.25) is 0 Å². The lowest BCUT2D eigenvalue weighted by Crippen LogP contribution is -2.50. The van der Waals surface area contributed by atoms with E-state index < -0.39 is 14.2 Å². The van der Waals surface area contributed by atoms with Gasteiger partial charge in [0.1, 0.15) is 23.9 Å². The van der Waals surface area contributed by atoms with E-state index in [9.17, 15) is 9.90 Å². The molecule has 3 aromatic heterocycles. The molecule has 2 aliphatic rings. The van der Waals surface area contributed by atoms with Gasteiger partial charge in [0, 0.05) is 63.4 Å². The molecular formula is C28H36FN7O3Si. The van der Waals surface area contributed by atoms with Crippen molar-refractivity contribution < 1.29 is 19.0 Å². The molecule has 1 aromatic carbocycles. The van der Waals surface area contributed by atoms with Crippen LogP contribution < -0.4 is 10.2 Å². The van der Waals surface area contributed by atoms with E-state index in [-0.39, 0.29) is 23.9 Å². The first-order chi connectivity index (χ1) is 19.1. The zero-order valence-corrected chi connectivity index (χ0v) is 24.4. The standard InChI is InChI=1S/C28H36FN7O3Si/c1-34-14-22-23(33-34)8-7-20(25(22)29)21-15-35(16-39-9-10-40(2,3)4)27-26(21)30-13-24(32-27)36-18-5-6-19(36)12-17(11-18)31-28(37)38/h7-8,13-15,17-19,31H,5-6,9-12,16H2,1-4H3,(H,37,38). The molecule has 2 aliphatic heterocycles. The van der Waals surface area contributed by atoms with Gasteiger partial charge in [0.15, 0.2) is 5.65 Å². The second kappa shape index (κ2) is 10.1. The van der Waals surface area contributed by atoms with Crippen LogP contribution in [0.3, 0.4) is 0 Å². The fraction of sp³-hybridized carbons (Fsp3) is 0.500. The van der Waals surface area contributed by atoms with Crippen molar-refractivity contribution >= 4 is 42.1 Å². The average Bonchev–Trinajstić information content (AvgIpc) is 3.52. The number of piperidine rings is 1. The number of fused-ring (bicyclic) bond motifs is 4. The summed E-state index contributed by atoms with van der Waals surface area (Å²) in [6, 6.07) is 4.98. The van der Waals surface area contributed by atoms with Crippen molar-refractivity contribution in [3.8, 4) is 11.1 Å². The molecule has 2 fully saturated rings. The van der Waals surface area contributed by atoms with Gasteiger partial charge in [-0.1, -0.05) is 19.6 Å². The first kappa shape index (κ1) is 26.7. The number of rotatable bonds is 8. The monoisotopic (exact) mass is 565 g/mol. The van der Waals surface area contributed by atoms with E-state index in [1.807, 2.05) is 16.8 Å². The maximum absolute atomic E-state index is 15.8. The molecule has 2 bridgehead atoms. The molecule has 2 saturated heterocycles. The maximum Gasteiger partial charge on any atom is 0.404 e. The zero-order valence-electron chi connectivity index (χ0n) is 23.4. The molecule has 0 aliphatic carbocycles. The van der Waals surface area contributed by atoms with E-state index >= 15 is 4.39 Å². The highest BCUT2D eigenvalue weighted by atomic mass is 28.3. The van der Waals surface area contributed by atoms with Gasteiger partial charge < -0.3 is 24.6 Å². The molecule has 40 heavy (non-hydrogen) atoms. The molecule has 0 radical (unpaired) electrons. The highest BCUT2D eigenvalue weighted by Crippen LogP contribution is 2.40. The van der Waals surface area contributed by atoms with Crippen LogP contribution in [-0.4, -0.2) is 68.3 Å². The summed E-state index contributed by atoms with van der Waals surface area (Å²) in [4.78, 5) is 23.4. The number of benzene rings is 1. The number of nitrogens with zero attached hydrogens (tertiary/aromatic N) is 6. The van der Waals surface area contributed by atoms with Crippen LogP contribution in [0.25, 0.3) is 33.2 Å². The third-order valence-electron chi connectivity index (χ3n) is 8.13. The van der Waals surface area contributed by atoms with E-state index in [4.69, 9.17) is 14.7 Å². The summed E-state index contributed by atoms with van der Waals surface area (Å²) in [7, 11) is 0.529. The lowest BCUT2D eigenvalue weighted by atomic mass is 9.97. The van der Waals surface area contributed by atoms with Crippen molar-refractivity contribution in [3.63, 3.8) is 0 Å². The van der Waals surface area contributed by atoms with Crippen LogP contribution in [0.1, 0.15) is 25.7 Å². The number of nitrogens with one attached hydrogen (secondary N) is 1. The van der Waals surface area contributed by atoms with Crippen molar-refractivity contribution in [3.05, 3.63) is 36.5 Å². The number of hydrogen-bond acceptors (Lipinski definition) is 6. The predicted octanol–water partition coefficient (Wildman–Crippen LogP) is 5.20. The number of carbonyl (C=O) groups is 1. The van der Waals surface area contributed by atoms with Gasteiger partial charge in [-0.15, -0.1) is 0 Å². The van der Waals surface area contributed by atoms with Crippen molar-refractivity contribution in [2.45, 2.75) is 76.2 Å². The summed E-state index contributed by atoms with van der Waals surface area (Å²) in [5.41, 5.74) is 2.99. The Balaban J connectivity index is 1.37. The molecule has 2 unspecified atom stereocenters. The Morgan fingerprint density at radius 2 is 1.93 bits per heavy atom. The SMILES string of the molecule is Cn1cc2c(F)c(-c3cn(COCC[Si](C)(C)C)c4nc(N5C6CCC5CC(NC(=O)O)C6)cnc34)ccc2n1. The number of aromatic nitrogens is 5. The molecule has 12 heteroatoms. The van der Waals surface area contributed by atoms with Gasteiger partial charge in [-0.25, -0.2) is 19.2 Å². The fourth-order valence-corrected chi connectivity index (χ4v) is 6.99. The maximum atomic E-state index is 15.8. The topological polar surface area (TPSA) is 110 Å². The molecule has 212 valence electrons. The molecule has 0 saturated carbocycles. The highest BCUT2D eigenvalue weighted by molar-refractivity contribution is 6.76. The van der Waals surface area contributed by atoms with Gasteiger partial charge >= 0.3 is 6.09 Å². The first-order valence-corrected chi connectivity index (χ1v) is 17.6. The lowest BCUT2D eigenvalue weighted by molar-refractivity contribution is 0.0899. The molecule has 4 aromatic rings. The van der Waals surface area contributed by atoms with E-state index in [1.54, 1.807) is 30.2 Å². The minimum Gasteiger partial charge on any atom is -0.465 e. The van der Waals surface area contributed by atoms with Crippen LogP contribution >= 0.6 is 0 Å². The molecular weight excluding hydrogens is 529 g/mol. The van der Waals surface area contributed by atoms with Gasteiger partial charge in [-0.2, -0.15) is 5.10 Å². The van der Waals surface area contributed by atoms with E-state index in [2.05, 4.69) is 35.0 Å². The molecule has 2 atom stereocenters. The van der Waals surface area contributed by atoms with Crippen molar-refractivity contribution in [2.24, 2.45) is 7.05 Å². The minimum atomic E-state index is -1.25. The molecule has 10 nitrogen and oxygen atoms in total. The minimum absolute atomic E-state index is 0.0523. The number of amides is 1. The normalized spacial score (nSPS) is 21.0. The largest absolute Gasteiger partial charge is 0.465 e. The number of carboxylic acid groups (broad SMARTS) is 1. The molecule has 1 amide bonds. The highest BCUT2D eigenvalue weighted by Gasteiger charge is 2.42. The number of hydrogen-bond donors (Lipinski definition) is 2. The van der Waals surface area contributed by atoms with E-state index in [1.165, 1.54) is 0 Å². The molecule has 0 spiro atoms. The third-order valence-corrected chi connectivity index (χ3v) is 9.84. The number of anilines is 1. The third kappa shape index (κ3) is 5.05. The molecule has 2 N–H and O–H groups in total. The van der Waals surface area contributed by atoms with Crippen LogP contribution in [0, 0.1) is 5.82 Å². The van der Waals surface area contributed by atoms with E-state index in [0.29, 0.717) is 46.5 Å². The van der Waals surface area contributed by atoms with Crippen molar-refractivity contribution in [2.75, 3.05) is 11.5 Å². The smallest absolute Gasteiger partial charge is 0.404 e. The zero-order chi connectivity index (χ0) is 28.2. The predicted molar refractivity (Wildman–Crippen MR) is 155 cm³/mol. The van der Waals surface area contributed by atoms with Crippen molar-refractivity contribution in [1.82, 2.24) is 29.6 Å². The number of aryl methyl sites for hydroxylation is 1. The average molecular weight is 566 g/mol. The van der Waals surface area contributed by atoms with E-state index in [0.717, 1.165) is 37.5 Å². The van der Waals surface area contributed by atoms with Gasteiger partial charge in [-0.05, 0) is 43.9 Å². The van der Waals surface area contributed by atoms with Crippen LogP contribution in [0.15, 0.2) is 30.7 Å². The quantitative estimate of drug-likeness (QED) is 0.223. The Morgan fingerprint density at radius 1 is 1.18 bits per heavy atom. The van der Waals surface area contributed by atoms with Crippen LogP contribution in [0.4, 0.5) is 15.0 Å². The molecule has 6 rings (SSSR count). The van der Waals surface area contributed by atoms with Crippen LogP contribution in [-0.2, 0) is 18.5 Å². The summed E-state index contributed by atoms with van der Waals surface area (Å²) in [6.45, 7) is 7.91. The van der Waals surface area contributed by atoms with Crippen LogP contribution in [0.5, 0.6) is 0 Å². The Morgan fingerprint density at radius 3 is 2.62 bits per heavy atom. The Hall–Kier alpha value is -3.51. The number of halogens is 1.